The average Bonchev–Trinajstić information content (AvgIpc) is 2.43. The molecule has 1 rings (SSSR count). The third-order valence-corrected chi connectivity index (χ3v) is 4.55. The first kappa shape index (κ1) is 17.6. The maximum Gasteiger partial charge on any atom is 0.298 e. The van der Waals surface area contributed by atoms with Crippen molar-refractivity contribution in [2.75, 3.05) is 14.2 Å². The highest BCUT2D eigenvalue weighted by molar-refractivity contribution is 7.86. The van der Waals surface area contributed by atoms with Crippen molar-refractivity contribution in [3.05, 3.63) is 11.1 Å². The molecule has 0 amide bonds. The number of methoxy groups -OCH3 is 2. The Hall–Kier alpha value is -1.47. The Bertz CT molecular complexity index is 621. The molecule has 0 bridgehead atoms. The summed E-state index contributed by atoms with van der Waals surface area (Å²) in [6.07, 6.45) is 1.03. The van der Waals surface area contributed by atoms with Gasteiger partial charge in [-0.25, -0.2) is 0 Å². The van der Waals surface area contributed by atoms with E-state index in [4.69, 9.17) is 9.47 Å². The van der Waals surface area contributed by atoms with Crippen LogP contribution in [0, 0.1) is 0 Å². The van der Waals surface area contributed by atoms with Crippen LogP contribution in [0.5, 0.6) is 17.2 Å². The first-order chi connectivity index (χ1) is 9.74. The van der Waals surface area contributed by atoms with E-state index in [2.05, 4.69) is 0 Å². The molecule has 0 aliphatic heterocycles. The van der Waals surface area contributed by atoms with Crippen LogP contribution >= 0.6 is 0 Å². The predicted octanol–water partition coefficient (Wildman–Crippen LogP) is 2.73. The van der Waals surface area contributed by atoms with E-state index in [1.165, 1.54) is 14.2 Å². The zero-order valence-corrected chi connectivity index (χ0v) is 13.7. The van der Waals surface area contributed by atoms with Gasteiger partial charge >= 0.3 is 0 Å². The molecule has 0 fully saturated rings. The molecule has 1 aromatic rings. The quantitative estimate of drug-likeness (QED) is 0.783. The highest BCUT2D eigenvalue weighted by atomic mass is 32.2. The zero-order valence-electron chi connectivity index (χ0n) is 12.9. The van der Waals surface area contributed by atoms with Crippen molar-refractivity contribution in [2.45, 2.75) is 44.4 Å². The Morgan fingerprint density at radius 2 is 1.67 bits per heavy atom. The summed E-state index contributed by atoms with van der Waals surface area (Å²) < 4.78 is 43.1. The molecular formula is C14H22O6S. The second-order valence-electron chi connectivity index (χ2n) is 4.77. The number of hydrogen-bond acceptors (Lipinski definition) is 5. The van der Waals surface area contributed by atoms with Gasteiger partial charge in [0, 0.05) is 11.1 Å². The van der Waals surface area contributed by atoms with E-state index in [1.807, 2.05) is 13.8 Å². The molecule has 6 nitrogen and oxygen atoms in total. The highest BCUT2D eigenvalue weighted by Crippen LogP contribution is 2.49. The van der Waals surface area contributed by atoms with Crippen molar-refractivity contribution >= 4 is 10.1 Å². The van der Waals surface area contributed by atoms with Crippen LogP contribution in [0.2, 0.25) is 0 Å². The number of rotatable bonds is 6. The van der Waals surface area contributed by atoms with Crippen LogP contribution in [0.15, 0.2) is 4.90 Å². The molecule has 0 heterocycles. The normalized spacial score (nSPS) is 13.0. The van der Waals surface area contributed by atoms with E-state index < -0.39 is 20.8 Å². The summed E-state index contributed by atoms with van der Waals surface area (Å²) in [6.45, 7) is 5.61. The van der Waals surface area contributed by atoms with Gasteiger partial charge in [0.25, 0.3) is 10.1 Å². The number of hydrogen-bond donors (Lipinski definition) is 2. The maximum absolute atomic E-state index is 11.6. The van der Waals surface area contributed by atoms with Crippen LogP contribution in [0.3, 0.4) is 0 Å². The Morgan fingerprint density at radius 3 is 2.00 bits per heavy atom. The minimum atomic E-state index is -4.60. The van der Waals surface area contributed by atoms with E-state index in [1.54, 1.807) is 6.92 Å². The maximum atomic E-state index is 11.6. The smallest absolute Gasteiger partial charge is 0.298 e. The second kappa shape index (κ2) is 6.53. The third-order valence-electron chi connectivity index (χ3n) is 3.59. The second-order valence-corrected chi connectivity index (χ2v) is 6.13. The van der Waals surface area contributed by atoms with E-state index in [-0.39, 0.29) is 23.7 Å². The minimum absolute atomic E-state index is 0.0125. The average molecular weight is 318 g/mol. The van der Waals surface area contributed by atoms with Gasteiger partial charge in [-0.1, -0.05) is 20.8 Å². The monoisotopic (exact) mass is 318 g/mol. The zero-order chi connectivity index (χ0) is 16.4. The summed E-state index contributed by atoms with van der Waals surface area (Å²) in [5, 5.41) is 10.3. The lowest BCUT2D eigenvalue weighted by atomic mass is 9.93. The van der Waals surface area contributed by atoms with Crippen molar-refractivity contribution in [3.8, 4) is 17.2 Å². The molecule has 0 aliphatic carbocycles. The molecule has 1 atom stereocenters. The molecule has 0 saturated carbocycles. The van der Waals surface area contributed by atoms with Gasteiger partial charge in [0.1, 0.15) is 10.6 Å². The molecule has 7 heteroatoms. The molecule has 0 saturated heterocycles. The Balaban J connectivity index is 3.98. The fourth-order valence-corrected chi connectivity index (χ4v) is 3.32. The van der Waals surface area contributed by atoms with Crippen LogP contribution in [-0.4, -0.2) is 32.3 Å². The number of ether oxygens (including phenoxy) is 2. The van der Waals surface area contributed by atoms with Gasteiger partial charge in [0.2, 0.25) is 0 Å². The van der Waals surface area contributed by atoms with Gasteiger partial charge in [-0.05, 0) is 18.8 Å². The standard InChI is InChI=1S/C14H22O6S/c1-6-8(3)10-12(19-4)9(7-2)14(21(16,17)18)11(15)13(10)20-5/h8,15H,6-7H2,1-5H3,(H,16,17,18). The predicted molar refractivity (Wildman–Crippen MR) is 79.1 cm³/mol. The Labute approximate surface area is 125 Å². The molecule has 0 aliphatic rings. The lowest BCUT2D eigenvalue weighted by molar-refractivity contribution is 0.341. The Morgan fingerprint density at radius 1 is 1.14 bits per heavy atom. The molecule has 0 radical (unpaired) electrons. The SMILES string of the molecule is CCc1c(OC)c(C(C)CC)c(OC)c(O)c1S(=O)(=O)O. The molecule has 120 valence electrons. The topological polar surface area (TPSA) is 93.1 Å². The van der Waals surface area contributed by atoms with Crippen LogP contribution in [0.25, 0.3) is 0 Å². The minimum Gasteiger partial charge on any atom is -0.503 e. The number of phenolic OH excluding ortho intramolecular Hbond substituents is 1. The molecule has 1 aromatic carbocycles. The van der Waals surface area contributed by atoms with Crippen LogP contribution < -0.4 is 9.47 Å². The highest BCUT2D eigenvalue weighted by Gasteiger charge is 2.32. The largest absolute Gasteiger partial charge is 0.503 e. The van der Waals surface area contributed by atoms with Crippen molar-refractivity contribution in [3.63, 3.8) is 0 Å². The van der Waals surface area contributed by atoms with Crippen molar-refractivity contribution < 1.29 is 27.6 Å². The summed E-state index contributed by atoms with van der Waals surface area (Å²) in [5.41, 5.74) is 0.845. The van der Waals surface area contributed by atoms with Crippen LogP contribution in [0.1, 0.15) is 44.2 Å². The number of benzene rings is 1. The molecule has 2 N–H and O–H groups in total. The number of aromatic hydroxyl groups is 1. The van der Waals surface area contributed by atoms with Crippen molar-refractivity contribution in [2.24, 2.45) is 0 Å². The van der Waals surface area contributed by atoms with Gasteiger partial charge in [-0.3, -0.25) is 4.55 Å². The molecule has 0 aromatic heterocycles. The van der Waals surface area contributed by atoms with E-state index in [0.717, 1.165) is 6.42 Å². The lowest BCUT2D eigenvalue weighted by Crippen LogP contribution is -2.10. The third kappa shape index (κ3) is 3.08. The summed E-state index contributed by atoms with van der Waals surface area (Å²) in [7, 11) is -1.85. The fraction of sp³-hybridized carbons (Fsp3) is 0.571. The van der Waals surface area contributed by atoms with Crippen molar-refractivity contribution in [1.29, 1.82) is 0 Å². The van der Waals surface area contributed by atoms with E-state index in [0.29, 0.717) is 11.3 Å². The summed E-state index contributed by atoms with van der Waals surface area (Å²) >= 11 is 0. The van der Waals surface area contributed by atoms with Crippen LogP contribution in [0.4, 0.5) is 0 Å². The van der Waals surface area contributed by atoms with E-state index in [9.17, 15) is 18.1 Å². The summed E-state index contributed by atoms with van der Waals surface area (Å²) in [6, 6.07) is 0. The first-order valence-electron chi connectivity index (χ1n) is 6.71. The lowest BCUT2D eigenvalue weighted by Gasteiger charge is -2.23. The van der Waals surface area contributed by atoms with Crippen molar-refractivity contribution in [1.82, 2.24) is 0 Å². The van der Waals surface area contributed by atoms with Gasteiger partial charge in [0.05, 0.1) is 14.2 Å². The first-order valence-corrected chi connectivity index (χ1v) is 8.15. The molecule has 21 heavy (non-hydrogen) atoms. The van der Waals surface area contributed by atoms with Gasteiger partial charge in [-0.2, -0.15) is 8.42 Å². The van der Waals surface area contributed by atoms with E-state index >= 15 is 0 Å². The molecule has 1 unspecified atom stereocenters. The number of phenols is 1. The molecular weight excluding hydrogens is 296 g/mol. The summed E-state index contributed by atoms with van der Waals surface area (Å²) in [5.74, 6) is -0.241. The van der Waals surface area contributed by atoms with Gasteiger partial charge < -0.3 is 14.6 Å². The molecule has 0 spiro atoms. The van der Waals surface area contributed by atoms with Crippen LogP contribution in [-0.2, 0) is 16.5 Å². The van der Waals surface area contributed by atoms with Gasteiger partial charge in [-0.15, -0.1) is 0 Å². The van der Waals surface area contributed by atoms with Gasteiger partial charge in [0.15, 0.2) is 11.5 Å². The Kier molecular flexibility index (Phi) is 5.47. The summed E-state index contributed by atoms with van der Waals surface area (Å²) in [4.78, 5) is -0.550. The fourth-order valence-electron chi connectivity index (χ4n) is 2.43.